The summed E-state index contributed by atoms with van der Waals surface area (Å²) in [6.07, 6.45) is 3.89. The average molecular weight is 328 g/mol. The van der Waals surface area contributed by atoms with E-state index in [0.29, 0.717) is 10.6 Å². The van der Waals surface area contributed by atoms with Gasteiger partial charge in [0.2, 0.25) is 5.91 Å². The predicted molar refractivity (Wildman–Crippen MR) is 94.0 cm³/mol. The van der Waals surface area contributed by atoms with Crippen molar-refractivity contribution >= 4 is 28.2 Å². The number of benzene rings is 1. The summed E-state index contributed by atoms with van der Waals surface area (Å²) in [5.41, 5.74) is 10.8. The molecule has 23 heavy (non-hydrogen) atoms. The summed E-state index contributed by atoms with van der Waals surface area (Å²) in [7, 11) is 0. The molecule has 0 spiro atoms. The first-order valence-electron chi connectivity index (χ1n) is 7.86. The number of nitrogens with one attached hydrogen (secondary N) is 1. The van der Waals surface area contributed by atoms with Crippen LogP contribution in [0.3, 0.4) is 0 Å². The Bertz CT molecular complexity index is 793. The summed E-state index contributed by atoms with van der Waals surface area (Å²) in [6, 6.07) is 6.56. The molecule has 2 aromatic rings. The molecular formula is C18H20N2O2S. The van der Waals surface area contributed by atoms with E-state index in [2.05, 4.69) is 30.4 Å². The monoisotopic (exact) mass is 328 g/mol. The topological polar surface area (TPSA) is 72.2 Å². The zero-order chi connectivity index (χ0) is 16.6. The van der Waals surface area contributed by atoms with E-state index >= 15 is 0 Å². The Labute approximate surface area is 139 Å². The second-order valence-electron chi connectivity index (χ2n) is 5.90. The number of amides is 2. The fourth-order valence-corrected chi connectivity index (χ4v) is 4.57. The highest BCUT2D eigenvalue weighted by Gasteiger charge is 2.27. The van der Waals surface area contributed by atoms with Crippen LogP contribution in [0.1, 0.15) is 47.3 Å². The van der Waals surface area contributed by atoms with E-state index < -0.39 is 5.91 Å². The minimum atomic E-state index is -0.475. The van der Waals surface area contributed by atoms with Gasteiger partial charge in [0.15, 0.2) is 0 Å². The van der Waals surface area contributed by atoms with Crippen molar-refractivity contribution in [2.24, 2.45) is 5.73 Å². The molecule has 0 bridgehead atoms. The van der Waals surface area contributed by atoms with Crippen molar-refractivity contribution in [3.63, 3.8) is 0 Å². The lowest BCUT2D eigenvalue weighted by Gasteiger charge is -2.18. The number of carbonyl (C=O) groups excluding carboxylic acids is 2. The van der Waals surface area contributed by atoms with Gasteiger partial charge in [0.25, 0.3) is 5.91 Å². The van der Waals surface area contributed by atoms with Crippen LogP contribution in [0, 0.1) is 0 Å². The number of thiophene rings is 1. The zero-order valence-corrected chi connectivity index (χ0v) is 14.2. The number of anilines is 1. The lowest BCUT2D eigenvalue weighted by Crippen LogP contribution is -2.17. The van der Waals surface area contributed by atoms with Gasteiger partial charge < -0.3 is 11.1 Å². The lowest BCUT2D eigenvalue weighted by atomic mass is 9.87. The van der Waals surface area contributed by atoms with Gasteiger partial charge in [-0.1, -0.05) is 31.5 Å². The number of hydrogen-bond donors (Lipinski definition) is 2. The largest absolute Gasteiger partial charge is 0.365 e. The molecule has 0 unspecified atom stereocenters. The minimum absolute atomic E-state index is 0.190. The Morgan fingerprint density at radius 1 is 1.30 bits per heavy atom. The number of hydrogen-bond acceptors (Lipinski definition) is 3. The second-order valence-corrected chi connectivity index (χ2v) is 6.92. The van der Waals surface area contributed by atoms with Gasteiger partial charge in [-0.15, -0.1) is 11.3 Å². The van der Waals surface area contributed by atoms with E-state index in [4.69, 9.17) is 5.73 Å². The third kappa shape index (κ3) is 2.88. The van der Waals surface area contributed by atoms with E-state index in [1.54, 1.807) is 0 Å². The summed E-state index contributed by atoms with van der Waals surface area (Å²) in [5.74, 6) is -0.665. The van der Waals surface area contributed by atoms with Crippen LogP contribution in [-0.4, -0.2) is 11.8 Å². The van der Waals surface area contributed by atoms with Gasteiger partial charge >= 0.3 is 0 Å². The third-order valence-corrected chi connectivity index (χ3v) is 5.32. The van der Waals surface area contributed by atoms with E-state index in [0.717, 1.165) is 41.7 Å². The van der Waals surface area contributed by atoms with Crippen molar-refractivity contribution in [2.75, 3.05) is 5.32 Å². The van der Waals surface area contributed by atoms with Gasteiger partial charge in [-0.3, -0.25) is 9.59 Å². The van der Waals surface area contributed by atoms with Gasteiger partial charge in [0.05, 0.1) is 5.56 Å². The zero-order valence-electron chi connectivity index (χ0n) is 13.4. The third-order valence-electron chi connectivity index (χ3n) is 4.14. The first-order chi connectivity index (χ1) is 11.0. The van der Waals surface area contributed by atoms with Crippen LogP contribution in [0.2, 0.25) is 0 Å². The molecule has 1 aromatic heterocycles. The van der Waals surface area contributed by atoms with E-state index in [-0.39, 0.29) is 5.91 Å². The smallest absolute Gasteiger partial charge is 0.252 e. The number of aryl methyl sites for hydroxylation is 2. The molecule has 5 heteroatoms. The van der Waals surface area contributed by atoms with E-state index in [1.807, 2.05) is 0 Å². The summed E-state index contributed by atoms with van der Waals surface area (Å²) in [4.78, 5) is 24.3. The molecule has 0 radical (unpaired) electrons. The van der Waals surface area contributed by atoms with Crippen LogP contribution in [0.5, 0.6) is 0 Å². The summed E-state index contributed by atoms with van der Waals surface area (Å²) in [6.45, 7) is 3.62. The fraction of sp³-hybridized carbons (Fsp3) is 0.333. The number of carbonyl (C=O) groups is 2. The first-order valence-corrected chi connectivity index (χ1v) is 8.68. The van der Waals surface area contributed by atoms with Gasteiger partial charge in [-0.05, 0) is 41.5 Å². The van der Waals surface area contributed by atoms with Crippen LogP contribution in [0.15, 0.2) is 18.2 Å². The van der Waals surface area contributed by atoms with Crippen LogP contribution in [-0.2, 0) is 24.1 Å². The fourth-order valence-electron chi connectivity index (χ4n) is 3.21. The normalized spacial score (nSPS) is 12.4. The molecule has 0 fully saturated rings. The molecule has 1 heterocycles. The molecular weight excluding hydrogens is 308 g/mol. The molecule has 2 amide bonds. The van der Waals surface area contributed by atoms with Crippen molar-refractivity contribution in [1.29, 1.82) is 0 Å². The summed E-state index contributed by atoms with van der Waals surface area (Å²) >= 11 is 1.45. The number of rotatable bonds is 4. The number of nitrogens with two attached hydrogens (primary N) is 1. The van der Waals surface area contributed by atoms with Crippen LogP contribution in [0.25, 0.3) is 10.4 Å². The van der Waals surface area contributed by atoms with Gasteiger partial charge in [-0.25, -0.2) is 0 Å². The van der Waals surface area contributed by atoms with Crippen molar-refractivity contribution in [3.05, 3.63) is 40.5 Å². The van der Waals surface area contributed by atoms with E-state index in [9.17, 15) is 9.59 Å². The second kappa shape index (κ2) is 6.16. The quantitative estimate of drug-likeness (QED) is 0.901. The van der Waals surface area contributed by atoms with Gasteiger partial charge in [0, 0.05) is 11.8 Å². The highest BCUT2D eigenvalue weighted by atomic mass is 32.1. The Kier molecular flexibility index (Phi) is 4.22. The molecule has 1 aromatic carbocycles. The summed E-state index contributed by atoms with van der Waals surface area (Å²) < 4.78 is 0. The van der Waals surface area contributed by atoms with Gasteiger partial charge in [0.1, 0.15) is 5.00 Å². The highest BCUT2D eigenvalue weighted by Crippen LogP contribution is 2.45. The molecule has 0 saturated carbocycles. The maximum Gasteiger partial charge on any atom is 0.252 e. The maximum absolute atomic E-state index is 11.9. The Hall–Kier alpha value is -2.14. The molecule has 120 valence electrons. The SMILES string of the molecule is CCCc1ccc2c(c1)CCc1c-2sc(NC(C)=O)c1C(N)=O. The Morgan fingerprint density at radius 2 is 2.09 bits per heavy atom. The highest BCUT2D eigenvalue weighted by molar-refractivity contribution is 7.20. The van der Waals surface area contributed by atoms with Crippen LogP contribution >= 0.6 is 11.3 Å². The first kappa shape index (κ1) is 15.7. The maximum atomic E-state index is 11.9. The minimum Gasteiger partial charge on any atom is -0.365 e. The molecule has 0 saturated heterocycles. The number of fused-ring (bicyclic) bond motifs is 3. The predicted octanol–water partition coefficient (Wildman–Crippen LogP) is 3.52. The molecule has 1 aliphatic rings. The van der Waals surface area contributed by atoms with Crippen LogP contribution < -0.4 is 11.1 Å². The van der Waals surface area contributed by atoms with Crippen molar-refractivity contribution < 1.29 is 9.59 Å². The van der Waals surface area contributed by atoms with Crippen molar-refractivity contribution in [2.45, 2.75) is 39.5 Å². The number of primary amides is 1. The van der Waals surface area contributed by atoms with Gasteiger partial charge in [-0.2, -0.15) is 0 Å². The molecule has 0 atom stereocenters. The van der Waals surface area contributed by atoms with Crippen molar-refractivity contribution in [3.8, 4) is 10.4 Å². The molecule has 3 rings (SSSR count). The van der Waals surface area contributed by atoms with E-state index in [1.165, 1.54) is 29.4 Å². The van der Waals surface area contributed by atoms with Crippen LogP contribution in [0.4, 0.5) is 5.00 Å². The molecule has 4 nitrogen and oxygen atoms in total. The molecule has 0 aliphatic heterocycles. The Balaban J connectivity index is 2.12. The lowest BCUT2D eigenvalue weighted by molar-refractivity contribution is -0.114. The van der Waals surface area contributed by atoms with Crippen molar-refractivity contribution in [1.82, 2.24) is 0 Å². The Morgan fingerprint density at radius 3 is 2.74 bits per heavy atom. The standard InChI is InChI=1S/C18H20N2O2S/c1-3-4-11-5-7-13-12(9-11)6-8-14-15(17(19)22)18(20-10(2)21)23-16(13)14/h5,7,9H,3-4,6,8H2,1-2H3,(H2,19,22)(H,20,21). The molecule has 3 N–H and O–H groups in total. The average Bonchev–Trinajstić information content (AvgIpc) is 2.84. The molecule has 1 aliphatic carbocycles. The summed E-state index contributed by atoms with van der Waals surface area (Å²) in [5, 5.41) is 3.32.